The van der Waals surface area contributed by atoms with Crippen molar-refractivity contribution in [3.05, 3.63) is 0 Å². The Hall–Kier alpha value is -0.570. The third-order valence-electron chi connectivity index (χ3n) is 7.61. The molecule has 0 aromatic rings. The standard InChI is InChI=1S/C24H45NO2/c1-3-5-7-9-19-25-22-15-17-24(18-16-22,23(26)27)21-13-11-20(12-14-21)10-8-6-4-2/h20-22,25H,3-19H2,1-2H3,(H,26,27). The fourth-order valence-electron chi connectivity index (χ4n) is 5.68. The first-order chi connectivity index (χ1) is 13.1. The molecule has 158 valence electrons. The molecular formula is C24H45NO2. The minimum Gasteiger partial charge on any atom is -0.481 e. The Morgan fingerprint density at radius 3 is 2.11 bits per heavy atom. The lowest BCUT2D eigenvalue weighted by Crippen LogP contribution is -2.46. The molecular weight excluding hydrogens is 334 g/mol. The lowest BCUT2D eigenvalue weighted by Gasteiger charge is -2.45. The van der Waals surface area contributed by atoms with Crippen LogP contribution in [0.25, 0.3) is 0 Å². The SMILES string of the molecule is CCCCCCNC1CCC(C(=O)O)(C2CCC(CCCCC)CC2)CC1. The summed E-state index contributed by atoms with van der Waals surface area (Å²) < 4.78 is 0. The number of carbonyl (C=O) groups is 1. The van der Waals surface area contributed by atoms with Crippen LogP contribution in [0, 0.1) is 17.3 Å². The average Bonchev–Trinajstić information content (AvgIpc) is 2.69. The zero-order valence-electron chi connectivity index (χ0n) is 18.1. The molecule has 0 atom stereocenters. The Bertz CT molecular complexity index is 407. The molecule has 2 saturated carbocycles. The molecule has 3 heteroatoms. The maximum absolute atomic E-state index is 12.3. The molecule has 0 aromatic heterocycles. The average molecular weight is 380 g/mol. The highest BCUT2D eigenvalue weighted by Gasteiger charge is 2.48. The molecule has 2 fully saturated rings. The van der Waals surface area contributed by atoms with Gasteiger partial charge in [0.05, 0.1) is 5.41 Å². The predicted octanol–water partition coefficient (Wildman–Crippen LogP) is 6.56. The molecule has 0 heterocycles. The van der Waals surface area contributed by atoms with Gasteiger partial charge in [-0.2, -0.15) is 0 Å². The van der Waals surface area contributed by atoms with Gasteiger partial charge in [0.2, 0.25) is 0 Å². The van der Waals surface area contributed by atoms with Crippen LogP contribution in [-0.4, -0.2) is 23.7 Å². The third-order valence-corrected chi connectivity index (χ3v) is 7.61. The minimum atomic E-state index is -0.502. The molecule has 0 spiro atoms. The van der Waals surface area contributed by atoms with E-state index in [1.807, 2.05) is 0 Å². The van der Waals surface area contributed by atoms with Crippen LogP contribution in [0.1, 0.15) is 117 Å². The first-order valence-corrected chi connectivity index (χ1v) is 12.1. The largest absolute Gasteiger partial charge is 0.481 e. The Morgan fingerprint density at radius 2 is 1.52 bits per heavy atom. The summed E-state index contributed by atoms with van der Waals surface area (Å²) in [6.45, 7) is 5.62. The van der Waals surface area contributed by atoms with Gasteiger partial charge in [-0.25, -0.2) is 0 Å². The van der Waals surface area contributed by atoms with Crippen molar-refractivity contribution in [1.82, 2.24) is 5.32 Å². The fraction of sp³-hybridized carbons (Fsp3) is 0.958. The fourth-order valence-corrected chi connectivity index (χ4v) is 5.68. The van der Waals surface area contributed by atoms with Gasteiger partial charge in [-0.15, -0.1) is 0 Å². The number of aliphatic carboxylic acids is 1. The number of carboxylic acid groups (broad SMARTS) is 1. The molecule has 2 aliphatic carbocycles. The second-order valence-corrected chi connectivity index (χ2v) is 9.46. The van der Waals surface area contributed by atoms with Crippen molar-refractivity contribution in [2.45, 2.75) is 123 Å². The summed E-state index contributed by atoms with van der Waals surface area (Å²) in [5.74, 6) is 0.779. The van der Waals surface area contributed by atoms with E-state index in [4.69, 9.17) is 0 Å². The van der Waals surface area contributed by atoms with Gasteiger partial charge < -0.3 is 10.4 Å². The van der Waals surface area contributed by atoms with Crippen molar-refractivity contribution in [2.24, 2.45) is 17.3 Å². The van der Waals surface area contributed by atoms with Gasteiger partial charge >= 0.3 is 5.97 Å². The second kappa shape index (κ2) is 12.1. The summed E-state index contributed by atoms with van der Waals surface area (Å²) in [6, 6.07) is 0.546. The number of nitrogens with one attached hydrogen (secondary N) is 1. The van der Waals surface area contributed by atoms with Gasteiger partial charge in [0.15, 0.2) is 0 Å². The maximum Gasteiger partial charge on any atom is 0.309 e. The molecule has 0 bridgehead atoms. The van der Waals surface area contributed by atoms with Crippen molar-refractivity contribution < 1.29 is 9.90 Å². The van der Waals surface area contributed by atoms with Crippen LogP contribution in [0.15, 0.2) is 0 Å². The number of unbranched alkanes of at least 4 members (excludes halogenated alkanes) is 5. The molecule has 0 radical (unpaired) electrons. The molecule has 0 aliphatic heterocycles. The van der Waals surface area contributed by atoms with Gasteiger partial charge in [-0.3, -0.25) is 4.79 Å². The van der Waals surface area contributed by atoms with E-state index < -0.39 is 11.4 Å². The van der Waals surface area contributed by atoms with Gasteiger partial charge in [-0.05, 0) is 63.3 Å². The highest BCUT2D eigenvalue weighted by atomic mass is 16.4. The Morgan fingerprint density at radius 1 is 0.889 bits per heavy atom. The van der Waals surface area contributed by atoms with E-state index in [1.54, 1.807) is 0 Å². The van der Waals surface area contributed by atoms with Gasteiger partial charge in [-0.1, -0.05) is 71.6 Å². The summed E-state index contributed by atoms with van der Waals surface area (Å²) in [6.07, 6.45) is 19.3. The molecule has 2 N–H and O–H groups in total. The highest BCUT2D eigenvalue weighted by molar-refractivity contribution is 5.75. The van der Waals surface area contributed by atoms with Crippen LogP contribution in [-0.2, 0) is 4.79 Å². The van der Waals surface area contributed by atoms with Crippen LogP contribution in [0.2, 0.25) is 0 Å². The van der Waals surface area contributed by atoms with E-state index in [-0.39, 0.29) is 0 Å². The molecule has 0 amide bonds. The maximum atomic E-state index is 12.3. The van der Waals surface area contributed by atoms with Gasteiger partial charge in [0.25, 0.3) is 0 Å². The van der Waals surface area contributed by atoms with Crippen LogP contribution < -0.4 is 5.32 Å². The van der Waals surface area contributed by atoms with E-state index in [2.05, 4.69) is 19.2 Å². The lowest BCUT2D eigenvalue weighted by atomic mass is 9.60. The summed E-state index contributed by atoms with van der Waals surface area (Å²) in [5.41, 5.74) is -0.422. The van der Waals surface area contributed by atoms with Crippen LogP contribution in [0.5, 0.6) is 0 Å². The predicted molar refractivity (Wildman–Crippen MR) is 114 cm³/mol. The van der Waals surface area contributed by atoms with Crippen molar-refractivity contribution in [3.8, 4) is 0 Å². The van der Waals surface area contributed by atoms with Crippen molar-refractivity contribution >= 4 is 5.97 Å². The molecule has 0 saturated heterocycles. The number of rotatable bonds is 12. The highest BCUT2D eigenvalue weighted by Crippen LogP contribution is 2.49. The molecule has 27 heavy (non-hydrogen) atoms. The third kappa shape index (κ3) is 6.76. The van der Waals surface area contributed by atoms with Crippen LogP contribution >= 0.6 is 0 Å². The lowest BCUT2D eigenvalue weighted by molar-refractivity contribution is -0.157. The van der Waals surface area contributed by atoms with E-state index in [1.165, 1.54) is 64.2 Å². The van der Waals surface area contributed by atoms with E-state index in [0.717, 1.165) is 51.0 Å². The second-order valence-electron chi connectivity index (χ2n) is 9.46. The first-order valence-electron chi connectivity index (χ1n) is 12.1. The number of hydrogen-bond acceptors (Lipinski definition) is 2. The van der Waals surface area contributed by atoms with E-state index in [9.17, 15) is 9.90 Å². The Balaban J connectivity index is 1.76. The Labute approximate surface area is 168 Å². The number of hydrogen-bond donors (Lipinski definition) is 2. The topological polar surface area (TPSA) is 49.3 Å². The van der Waals surface area contributed by atoms with E-state index in [0.29, 0.717) is 12.0 Å². The van der Waals surface area contributed by atoms with Crippen LogP contribution in [0.3, 0.4) is 0 Å². The minimum absolute atomic E-state index is 0.419. The first kappa shape index (κ1) is 22.7. The van der Waals surface area contributed by atoms with Crippen molar-refractivity contribution in [3.63, 3.8) is 0 Å². The summed E-state index contributed by atoms with van der Waals surface area (Å²) >= 11 is 0. The van der Waals surface area contributed by atoms with Crippen molar-refractivity contribution in [2.75, 3.05) is 6.54 Å². The quantitative estimate of drug-likeness (QED) is 0.378. The van der Waals surface area contributed by atoms with Crippen LogP contribution in [0.4, 0.5) is 0 Å². The number of carboxylic acids is 1. The summed E-state index contributed by atoms with van der Waals surface area (Å²) in [7, 11) is 0. The smallest absolute Gasteiger partial charge is 0.309 e. The molecule has 2 aliphatic rings. The monoisotopic (exact) mass is 379 g/mol. The Kier molecular flexibility index (Phi) is 10.2. The molecule has 3 nitrogen and oxygen atoms in total. The van der Waals surface area contributed by atoms with Gasteiger partial charge in [0, 0.05) is 6.04 Å². The molecule has 0 unspecified atom stereocenters. The summed E-state index contributed by atoms with van der Waals surface area (Å²) in [5, 5.41) is 13.8. The zero-order chi connectivity index (χ0) is 19.5. The summed E-state index contributed by atoms with van der Waals surface area (Å²) in [4.78, 5) is 12.3. The van der Waals surface area contributed by atoms with Crippen molar-refractivity contribution in [1.29, 1.82) is 0 Å². The van der Waals surface area contributed by atoms with Gasteiger partial charge in [0.1, 0.15) is 0 Å². The van der Waals surface area contributed by atoms with E-state index >= 15 is 0 Å². The normalized spacial score (nSPS) is 31.7. The molecule has 0 aromatic carbocycles. The zero-order valence-corrected chi connectivity index (χ0v) is 18.1. The molecule has 2 rings (SSSR count).